The highest BCUT2D eigenvalue weighted by atomic mass is 16.5. The van der Waals surface area contributed by atoms with Crippen LogP contribution in [0.3, 0.4) is 0 Å². The third kappa shape index (κ3) is 3.95. The molecule has 1 aromatic carbocycles. The van der Waals surface area contributed by atoms with E-state index in [0.717, 1.165) is 18.5 Å². The van der Waals surface area contributed by atoms with Gasteiger partial charge in [0.25, 0.3) is 0 Å². The molecule has 4 heteroatoms. The number of aromatic nitrogens is 2. The first-order chi connectivity index (χ1) is 9.29. The van der Waals surface area contributed by atoms with Crippen LogP contribution in [0.1, 0.15) is 31.9 Å². The van der Waals surface area contributed by atoms with Gasteiger partial charge >= 0.3 is 0 Å². The molecular weight excluding hydrogens is 238 g/mol. The molecule has 1 N–H and O–H groups in total. The van der Waals surface area contributed by atoms with Crippen molar-refractivity contribution in [3.8, 4) is 5.88 Å². The average molecular weight is 257 g/mol. The lowest BCUT2D eigenvalue weighted by atomic mass is 10.1. The number of nitrogens with one attached hydrogen (secondary N) is 1. The molecule has 0 spiro atoms. The lowest BCUT2D eigenvalue weighted by Crippen LogP contribution is -2.07. The molecule has 0 fully saturated rings. The monoisotopic (exact) mass is 257 g/mol. The van der Waals surface area contributed by atoms with E-state index in [9.17, 15) is 0 Å². The second-order valence-electron chi connectivity index (χ2n) is 4.32. The standard InChI is InChI=1S/C15H19N3O/c1-3-10-16-15-17-11-9-14(18-15)19-12(2)13-7-5-4-6-8-13/h4-9,11-12H,3,10H2,1-2H3,(H,16,17,18). The van der Waals surface area contributed by atoms with Crippen molar-refractivity contribution >= 4 is 5.95 Å². The third-order valence-corrected chi connectivity index (χ3v) is 2.73. The molecule has 0 aliphatic rings. The van der Waals surface area contributed by atoms with Crippen LogP contribution in [0.4, 0.5) is 5.95 Å². The minimum absolute atomic E-state index is 0.0323. The summed E-state index contributed by atoms with van der Waals surface area (Å²) in [7, 11) is 0. The Morgan fingerprint density at radius 3 is 2.74 bits per heavy atom. The predicted octanol–water partition coefficient (Wildman–Crippen LogP) is 3.44. The van der Waals surface area contributed by atoms with Gasteiger partial charge < -0.3 is 10.1 Å². The smallest absolute Gasteiger partial charge is 0.225 e. The molecule has 2 aromatic rings. The summed E-state index contributed by atoms with van der Waals surface area (Å²) in [5.74, 6) is 1.20. The van der Waals surface area contributed by atoms with Crippen LogP contribution in [0.2, 0.25) is 0 Å². The van der Waals surface area contributed by atoms with Gasteiger partial charge in [0.1, 0.15) is 6.10 Å². The Morgan fingerprint density at radius 2 is 2.00 bits per heavy atom. The zero-order valence-corrected chi connectivity index (χ0v) is 11.3. The number of nitrogens with zero attached hydrogens (tertiary/aromatic N) is 2. The van der Waals surface area contributed by atoms with Crippen molar-refractivity contribution in [1.29, 1.82) is 0 Å². The molecule has 0 saturated carbocycles. The molecule has 1 aromatic heterocycles. The van der Waals surface area contributed by atoms with E-state index in [2.05, 4.69) is 22.2 Å². The van der Waals surface area contributed by atoms with E-state index in [-0.39, 0.29) is 6.10 Å². The minimum Gasteiger partial charge on any atom is -0.470 e. The lowest BCUT2D eigenvalue weighted by molar-refractivity contribution is 0.217. The van der Waals surface area contributed by atoms with Gasteiger partial charge in [-0.2, -0.15) is 4.98 Å². The molecule has 1 unspecified atom stereocenters. The Hall–Kier alpha value is -2.10. The van der Waals surface area contributed by atoms with E-state index >= 15 is 0 Å². The Kier molecular flexibility index (Phi) is 4.72. The third-order valence-electron chi connectivity index (χ3n) is 2.73. The molecule has 19 heavy (non-hydrogen) atoms. The van der Waals surface area contributed by atoms with E-state index in [1.807, 2.05) is 37.3 Å². The Bertz CT molecular complexity index is 502. The molecule has 0 aliphatic heterocycles. The number of hydrogen-bond donors (Lipinski definition) is 1. The van der Waals surface area contributed by atoms with Crippen LogP contribution >= 0.6 is 0 Å². The van der Waals surface area contributed by atoms with Gasteiger partial charge in [-0.25, -0.2) is 4.98 Å². The zero-order chi connectivity index (χ0) is 13.5. The van der Waals surface area contributed by atoms with Gasteiger partial charge in [-0.15, -0.1) is 0 Å². The first-order valence-corrected chi connectivity index (χ1v) is 6.58. The van der Waals surface area contributed by atoms with Crippen LogP contribution in [0.15, 0.2) is 42.6 Å². The number of ether oxygens (including phenoxy) is 1. The van der Waals surface area contributed by atoms with Crippen molar-refractivity contribution < 1.29 is 4.74 Å². The van der Waals surface area contributed by atoms with E-state index < -0.39 is 0 Å². The van der Waals surface area contributed by atoms with Gasteiger partial charge in [0.05, 0.1) is 0 Å². The molecule has 1 atom stereocenters. The summed E-state index contributed by atoms with van der Waals surface area (Å²) in [5, 5.41) is 3.15. The Balaban J connectivity index is 2.02. The molecule has 100 valence electrons. The highest BCUT2D eigenvalue weighted by Gasteiger charge is 2.08. The van der Waals surface area contributed by atoms with Gasteiger partial charge in [0.15, 0.2) is 0 Å². The van der Waals surface area contributed by atoms with Crippen molar-refractivity contribution in [2.45, 2.75) is 26.4 Å². The lowest BCUT2D eigenvalue weighted by Gasteiger charge is -2.14. The maximum Gasteiger partial charge on any atom is 0.225 e. The van der Waals surface area contributed by atoms with Gasteiger partial charge in [-0.1, -0.05) is 37.3 Å². The maximum atomic E-state index is 5.83. The molecular formula is C15H19N3O. The molecule has 4 nitrogen and oxygen atoms in total. The summed E-state index contributed by atoms with van der Waals surface area (Å²) in [4.78, 5) is 8.49. The molecule has 0 saturated heterocycles. The number of rotatable bonds is 6. The SMILES string of the molecule is CCCNc1nccc(OC(C)c2ccccc2)n1. The average Bonchev–Trinajstić information content (AvgIpc) is 2.46. The topological polar surface area (TPSA) is 47.0 Å². The van der Waals surface area contributed by atoms with Crippen molar-refractivity contribution in [1.82, 2.24) is 9.97 Å². The molecule has 0 amide bonds. The first kappa shape index (κ1) is 13.3. The number of anilines is 1. The number of benzene rings is 1. The quantitative estimate of drug-likeness (QED) is 0.861. The Morgan fingerprint density at radius 1 is 1.21 bits per heavy atom. The fourth-order valence-corrected chi connectivity index (χ4v) is 1.70. The van der Waals surface area contributed by atoms with E-state index in [0.29, 0.717) is 11.8 Å². The van der Waals surface area contributed by atoms with Gasteiger partial charge in [0.2, 0.25) is 11.8 Å². The molecule has 0 radical (unpaired) electrons. The van der Waals surface area contributed by atoms with Crippen LogP contribution in [0, 0.1) is 0 Å². The Labute approximate surface area is 113 Å². The summed E-state index contributed by atoms with van der Waals surface area (Å²) in [5.41, 5.74) is 1.13. The van der Waals surface area contributed by atoms with Gasteiger partial charge in [-0.05, 0) is 18.9 Å². The van der Waals surface area contributed by atoms with Crippen LogP contribution in [0.5, 0.6) is 5.88 Å². The van der Waals surface area contributed by atoms with E-state index in [1.165, 1.54) is 0 Å². The molecule has 0 aliphatic carbocycles. The summed E-state index contributed by atoms with van der Waals surface area (Å²) in [6.45, 7) is 4.97. The highest BCUT2D eigenvalue weighted by molar-refractivity contribution is 5.27. The molecule has 0 bridgehead atoms. The molecule has 2 rings (SSSR count). The van der Waals surface area contributed by atoms with Crippen LogP contribution in [-0.4, -0.2) is 16.5 Å². The maximum absolute atomic E-state index is 5.83. The predicted molar refractivity (Wildman–Crippen MR) is 76.3 cm³/mol. The van der Waals surface area contributed by atoms with Gasteiger partial charge in [-0.3, -0.25) is 0 Å². The summed E-state index contributed by atoms with van der Waals surface area (Å²) in [6, 6.07) is 11.9. The van der Waals surface area contributed by atoms with Crippen molar-refractivity contribution in [2.24, 2.45) is 0 Å². The summed E-state index contributed by atoms with van der Waals surface area (Å²) < 4.78 is 5.83. The van der Waals surface area contributed by atoms with Crippen molar-refractivity contribution in [3.63, 3.8) is 0 Å². The fourth-order valence-electron chi connectivity index (χ4n) is 1.70. The summed E-state index contributed by atoms with van der Waals surface area (Å²) >= 11 is 0. The second kappa shape index (κ2) is 6.73. The minimum atomic E-state index is -0.0323. The zero-order valence-electron chi connectivity index (χ0n) is 11.3. The summed E-state index contributed by atoms with van der Waals surface area (Å²) in [6.07, 6.45) is 2.71. The van der Waals surface area contributed by atoms with Crippen LogP contribution < -0.4 is 10.1 Å². The van der Waals surface area contributed by atoms with Crippen LogP contribution in [-0.2, 0) is 0 Å². The first-order valence-electron chi connectivity index (χ1n) is 6.58. The normalized spacial score (nSPS) is 11.9. The largest absolute Gasteiger partial charge is 0.470 e. The van der Waals surface area contributed by atoms with E-state index in [1.54, 1.807) is 12.3 Å². The number of hydrogen-bond acceptors (Lipinski definition) is 4. The van der Waals surface area contributed by atoms with Gasteiger partial charge in [0, 0.05) is 18.8 Å². The fraction of sp³-hybridized carbons (Fsp3) is 0.333. The van der Waals surface area contributed by atoms with E-state index in [4.69, 9.17) is 4.74 Å². The van der Waals surface area contributed by atoms with Crippen molar-refractivity contribution in [2.75, 3.05) is 11.9 Å². The van der Waals surface area contributed by atoms with Crippen molar-refractivity contribution in [3.05, 3.63) is 48.2 Å². The second-order valence-corrected chi connectivity index (χ2v) is 4.32. The molecule has 1 heterocycles. The van der Waals surface area contributed by atoms with Crippen LogP contribution in [0.25, 0.3) is 0 Å². The highest BCUT2D eigenvalue weighted by Crippen LogP contribution is 2.19.